The number of nitrogens with one attached hydrogen (secondary N) is 1. The summed E-state index contributed by atoms with van der Waals surface area (Å²) in [5.74, 6) is -0.529. The van der Waals surface area contributed by atoms with Gasteiger partial charge in [-0.1, -0.05) is 57.6 Å². The lowest BCUT2D eigenvalue weighted by molar-refractivity contribution is -0.138. The number of benzene rings is 2. The molecule has 0 radical (unpaired) electrons. The first kappa shape index (κ1) is 20.3. The maximum atomic E-state index is 13.1. The molecule has 0 aliphatic carbocycles. The van der Waals surface area contributed by atoms with Crippen LogP contribution < -0.4 is 5.32 Å². The SMILES string of the molecule is CCOC(=O)c1sc(Nc2ccc(Br)c(C(F)(F)F)c2)nc1-c1ccccc1. The molecule has 0 atom stereocenters. The highest BCUT2D eigenvalue weighted by Gasteiger charge is 2.33. The zero-order valence-electron chi connectivity index (χ0n) is 14.5. The molecule has 28 heavy (non-hydrogen) atoms. The number of thiazole rings is 1. The van der Waals surface area contributed by atoms with Gasteiger partial charge in [0.05, 0.1) is 17.9 Å². The molecule has 1 aromatic heterocycles. The second kappa shape index (κ2) is 8.32. The molecule has 0 fully saturated rings. The normalized spacial score (nSPS) is 11.3. The van der Waals surface area contributed by atoms with E-state index in [9.17, 15) is 18.0 Å². The van der Waals surface area contributed by atoms with E-state index in [1.807, 2.05) is 6.07 Å². The second-order valence-corrected chi connectivity index (χ2v) is 7.45. The molecular formula is C19H14BrF3N2O2S. The Kier molecular flexibility index (Phi) is 6.04. The lowest BCUT2D eigenvalue weighted by Crippen LogP contribution is -2.06. The molecule has 0 unspecified atom stereocenters. The van der Waals surface area contributed by atoms with Crippen molar-refractivity contribution in [3.63, 3.8) is 0 Å². The van der Waals surface area contributed by atoms with Crippen molar-refractivity contribution in [2.75, 3.05) is 11.9 Å². The van der Waals surface area contributed by atoms with Gasteiger partial charge in [-0.3, -0.25) is 0 Å². The van der Waals surface area contributed by atoms with E-state index >= 15 is 0 Å². The van der Waals surface area contributed by atoms with Crippen LogP contribution in [0.1, 0.15) is 22.2 Å². The molecule has 1 heterocycles. The van der Waals surface area contributed by atoms with E-state index in [0.29, 0.717) is 11.3 Å². The lowest BCUT2D eigenvalue weighted by atomic mass is 10.1. The maximum absolute atomic E-state index is 13.1. The quantitative estimate of drug-likeness (QED) is 0.431. The van der Waals surface area contributed by atoms with Gasteiger partial charge in [-0.15, -0.1) is 0 Å². The van der Waals surface area contributed by atoms with Crippen LogP contribution in [0.5, 0.6) is 0 Å². The first-order valence-corrected chi connectivity index (χ1v) is 9.77. The Morgan fingerprint density at radius 2 is 1.93 bits per heavy atom. The zero-order chi connectivity index (χ0) is 20.3. The van der Waals surface area contributed by atoms with Crippen molar-refractivity contribution in [1.29, 1.82) is 0 Å². The molecule has 0 spiro atoms. The van der Waals surface area contributed by atoms with Crippen LogP contribution in [0.3, 0.4) is 0 Å². The molecule has 0 saturated heterocycles. The fourth-order valence-corrected chi connectivity index (χ4v) is 3.82. The van der Waals surface area contributed by atoms with Crippen LogP contribution in [0.2, 0.25) is 0 Å². The Morgan fingerprint density at radius 3 is 2.57 bits per heavy atom. The minimum absolute atomic E-state index is 0.0538. The van der Waals surface area contributed by atoms with Gasteiger partial charge in [-0.05, 0) is 25.1 Å². The summed E-state index contributed by atoms with van der Waals surface area (Å²) in [5.41, 5.74) is 0.531. The van der Waals surface area contributed by atoms with Gasteiger partial charge in [0, 0.05) is 15.7 Å². The molecule has 0 aliphatic rings. The van der Waals surface area contributed by atoms with Gasteiger partial charge in [0.15, 0.2) is 5.13 Å². The fourth-order valence-electron chi connectivity index (χ4n) is 2.44. The monoisotopic (exact) mass is 470 g/mol. The van der Waals surface area contributed by atoms with Gasteiger partial charge in [-0.2, -0.15) is 13.2 Å². The summed E-state index contributed by atoms with van der Waals surface area (Å²) < 4.78 is 44.4. The predicted octanol–water partition coefficient (Wildman–Crippen LogP) is 6.51. The maximum Gasteiger partial charge on any atom is 0.417 e. The summed E-state index contributed by atoms with van der Waals surface area (Å²) in [5, 5.41) is 3.14. The van der Waals surface area contributed by atoms with Gasteiger partial charge in [0.25, 0.3) is 0 Å². The summed E-state index contributed by atoms with van der Waals surface area (Å²) in [7, 11) is 0. The Hall–Kier alpha value is -2.39. The minimum Gasteiger partial charge on any atom is -0.462 e. The van der Waals surface area contributed by atoms with Crippen molar-refractivity contribution in [3.05, 3.63) is 63.4 Å². The number of nitrogens with zero attached hydrogens (tertiary/aromatic N) is 1. The number of aromatic nitrogens is 1. The lowest BCUT2D eigenvalue weighted by Gasteiger charge is -2.11. The van der Waals surface area contributed by atoms with Crippen molar-refractivity contribution >= 4 is 44.1 Å². The highest BCUT2D eigenvalue weighted by Crippen LogP contribution is 2.38. The molecule has 2 aromatic carbocycles. The molecule has 3 rings (SSSR count). The van der Waals surface area contributed by atoms with Crippen molar-refractivity contribution < 1.29 is 22.7 Å². The summed E-state index contributed by atoms with van der Waals surface area (Å²) in [4.78, 5) is 17.0. The zero-order valence-corrected chi connectivity index (χ0v) is 16.9. The number of ether oxygens (including phenoxy) is 1. The molecule has 9 heteroatoms. The second-order valence-electron chi connectivity index (χ2n) is 5.60. The number of rotatable bonds is 5. The molecule has 0 saturated carbocycles. The number of esters is 1. The van der Waals surface area contributed by atoms with Gasteiger partial charge in [0.1, 0.15) is 4.88 Å². The van der Waals surface area contributed by atoms with Crippen molar-refractivity contribution in [2.24, 2.45) is 0 Å². The largest absolute Gasteiger partial charge is 0.462 e. The summed E-state index contributed by atoms with van der Waals surface area (Å²) in [6.07, 6.45) is -4.50. The van der Waals surface area contributed by atoms with E-state index in [0.717, 1.165) is 17.4 Å². The van der Waals surface area contributed by atoms with Crippen LogP contribution in [-0.4, -0.2) is 17.6 Å². The molecule has 0 bridgehead atoms. The van der Waals surface area contributed by atoms with Crippen LogP contribution in [0, 0.1) is 0 Å². The van der Waals surface area contributed by atoms with Crippen LogP contribution >= 0.6 is 27.3 Å². The topological polar surface area (TPSA) is 51.2 Å². The van der Waals surface area contributed by atoms with Gasteiger partial charge >= 0.3 is 12.1 Å². The molecular weight excluding hydrogens is 457 g/mol. The summed E-state index contributed by atoms with van der Waals surface area (Å²) in [6.45, 7) is 1.90. The Balaban J connectivity index is 1.99. The number of hydrogen-bond acceptors (Lipinski definition) is 5. The smallest absolute Gasteiger partial charge is 0.417 e. The molecule has 3 aromatic rings. The summed E-state index contributed by atoms with van der Waals surface area (Å²) in [6, 6.07) is 12.8. The third-order valence-electron chi connectivity index (χ3n) is 3.66. The third kappa shape index (κ3) is 4.53. The van der Waals surface area contributed by atoms with Crippen molar-refractivity contribution in [3.8, 4) is 11.3 Å². The number of alkyl halides is 3. The number of anilines is 2. The van der Waals surface area contributed by atoms with E-state index in [2.05, 4.69) is 26.2 Å². The Bertz CT molecular complexity index is 991. The minimum atomic E-state index is -4.50. The van der Waals surface area contributed by atoms with E-state index in [-0.39, 0.29) is 26.8 Å². The standard InChI is InChI=1S/C19H14BrF3N2O2S/c1-2-27-17(26)16-15(11-6-4-3-5-7-11)25-18(28-16)24-12-8-9-14(20)13(10-12)19(21,22)23/h3-10H,2H2,1H3,(H,24,25). The number of hydrogen-bond donors (Lipinski definition) is 1. The highest BCUT2D eigenvalue weighted by molar-refractivity contribution is 9.10. The van der Waals surface area contributed by atoms with Gasteiger partial charge < -0.3 is 10.1 Å². The number of halogens is 4. The average Bonchev–Trinajstić information content (AvgIpc) is 3.07. The fraction of sp³-hybridized carbons (Fsp3) is 0.158. The van der Waals surface area contributed by atoms with Crippen LogP contribution in [0.4, 0.5) is 24.0 Å². The first-order valence-electron chi connectivity index (χ1n) is 8.16. The van der Waals surface area contributed by atoms with Gasteiger partial charge in [-0.25, -0.2) is 9.78 Å². The molecule has 4 nitrogen and oxygen atoms in total. The van der Waals surface area contributed by atoms with Crippen LogP contribution in [-0.2, 0) is 10.9 Å². The van der Waals surface area contributed by atoms with E-state index in [4.69, 9.17) is 4.74 Å². The van der Waals surface area contributed by atoms with Crippen LogP contribution in [0.15, 0.2) is 53.0 Å². The number of carbonyl (C=O) groups excluding carboxylic acids is 1. The van der Waals surface area contributed by atoms with E-state index in [1.54, 1.807) is 31.2 Å². The van der Waals surface area contributed by atoms with Gasteiger partial charge in [0.2, 0.25) is 0 Å². The highest BCUT2D eigenvalue weighted by atomic mass is 79.9. The predicted molar refractivity (Wildman–Crippen MR) is 106 cm³/mol. The first-order chi connectivity index (χ1) is 13.3. The molecule has 0 amide bonds. The number of carbonyl (C=O) groups is 1. The molecule has 146 valence electrons. The summed E-state index contributed by atoms with van der Waals surface area (Å²) >= 11 is 3.94. The van der Waals surface area contributed by atoms with E-state index in [1.165, 1.54) is 12.1 Å². The molecule has 0 aliphatic heterocycles. The van der Waals surface area contributed by atoms with Crippen molar-refractivity contribution in [2.45, 2.75) is 13.1 Å². The Labute approximate surface area is 171 Å². The third-order valence-corrected chi connectivity index (χ3v) is 5.30. The Morgan fingerprint density at radius 1 is 1.21 bits per heavy atom. The average molecular weight is 471 g/mol. The van der Waals surface area contributed by atoms with Crippen molar-refractivity contribution in [1.82, 2.24) is 4.98 Å². The van der Waals surface area contributed by atoms with Crippen LogP contribution in [0.25, 0.3) is 11.3 Å². The molecule has 1 N–H and O–H groups in total. The van der Waals surface area contributed by atoms with E-state index < -0.39 is 17.7 Å².